The molecule has 170 valence electrons. The SMILES string of the molecule is Cc1cc(-c2ccnc(Nc3cnn(C)c3)n2)ccc1CNC(=O)c1cnc(C(F)(F)F)s1. The van der Waals surface area contributed by atoms with E-state index in [1.807, 2.05) is 32.2 Å². The number of hydrogen-bond acceptors (Lipinski definition) is 7. The summed E-state index contributed by atoms with van der Waals surface area (Å²) in [5, 5.41) is 8.78. The molecule has 33 heavy (non-hydrogen) atoms. The first-order valence-electron chi connectivity index (χ1n) is 9.69. The van der Waals surface area contributed by atoms with Gasteiger partial charge in [-0.2, -0.15) is 18.3 Å². The lowest BCUT2D eigenvalue weighted by atomic mass is 10.0. The van der Waals surface area contributed by atoms with E-state index in [0.29, 0.717) is 23.0 Å². The quantitative estimate of drug-likeness (QED) is 0.433. The van der Waals surface area contributed by atoms with Crippen LogP contribution >= 0.6 is 11.3 Å². The van der Waals surface area contributed by atoms with Crippen LogP contribution in [0.25, 0.3) is 11.3 Å². The molecule has 0 spiro atoms. The first-order valence-corrected chi connectivity index (χ1v) is 10.5. The number of nitrogens with zero attached hydrogens (tertiary/aromatic N) is 5. The fourth-order valence-corrected chi connectivity index (χ4v) is 3.72. The number of nitrogens with one attached hydrogen (secondary N) is 2. The van der Waals surface area contributed by atoms with Crippen LogP contribution in [0.4, 0.5) is 24.8 Å². The molecule has 3 aromatic heterocycles. The van der Waals surface area contributed by atoms with Crippen molar-refractivity contribution in [1.82, 2.24) is 30.0 Å². The minimum atomic E-state index is -4.57. The fourth-order valence-electron chi connectivity index (χ4n) is 3.02. The van der Waals surface area contributed by atoms with Gasteiger partial charge in [-0.25, -0.2) is 15.0 Å². The first-order chi connectivity index (χ1) is 15.7. The molecule has 0 saturated heterocycles. The maximum absolute atomic E-state index is 12.7. The fraction of sp³-hybridized carbons (Fsp3) is 0.190. The molecule has 0 bridgehead atoms. The van der Waals surface area contributed by atoms with E-state index in [2.05, 4.69) is 30.7 Å². The lowest BCUT2D eigenvalue weighted by Crippen LogP contribution is -2.22. The maximum atomic E-state index is 12.7. The van der Waals surface area contributed by atoms with E-state index in [-0.39, 0.29) is 11.4 Å². The van der Waals surface area contributed by atoms with Crippen molar-refractivity contribution in [2.24, 2.45) is 7.05 Å². The molecule has 0 aliphatic heterocycles. The van der Waals surface area contributed by atoms with E-state index >= 15 is 0 Å². The van der Waals surface area contributed by atoms with Crippen molar-refractivity contribution in [3.05, 3.63) is 70.1 Å². The van der Waals surface area contributed by atoms with E-state index in [4.69, 9.17) is 0 Å². The van der Waals surface area contributed by atoms with Crippen LogP contribution in [0.2, 0.25) is 0 Å². The predicted octanol–water partition coefficient (Wildman–Crippen LogP) is 4.33. The van der Waals surface area contributed by atoms with Crippen LogP contribution in [0, 0.1) is 6.92 Å². The highest BCUT2D eigenvalue weighted by molar-refractivity contribution is 7.13. The molecule has 2 N–H and O–H groups in total. The zero-order chi connectivity index (χ0) is 23.6. The lowest BCUT2D eigenvalue weighted by molar-refractivity contribution is -0.137. The number of anilines is 2. The molecule has 0 atom stereocenters. The van der Waals surface area contributed by atoms with Crippen molar-refractivity contribution >= 4 is 28.9 Å². The summed E-state index contributed by atoms with van der Waals surface area (Å²) in [5.74, 6) is -0.175. The number of thiazole rings is 1. The number of alkyl halides is 3. The van der Waals surface area contributed by atoms with Crippen LogP contribution in [0.5, 0.6) is 0 Å². The Hall–Kier alpha value is -3.80. The number of carbonyl (C=O) groups excluding carboxylic acids is 1. The van der Waals surface area contributed by atoms with Gasteiger partial charge in [0, 0.05) is 31.5 Å². The average molecular weight is 473 g/mol. The minimum absolute atomic E-state index is 0.0915. The normalized spacial score (nSPS) is 11.4. The molecule has 4 rings (SSSR count). The molecule has 3 heterocycles. The topological polar surface area (TPSA) is 97.6 Å². The van der Waals surface area contributed by atoms with Gasteiger partial charge >= 0.3 is 6.18 Å². The molecule has 1 aromatic carbocycles. The average Bonchev–Trinajstić information content (AvgIpc) is 3.42. The standard InChI is InChI=1S/C21H18F3N7OS/c1-12-7-13(16-5-6-25-20(30-16)29-15-9-28-31(2)11-15)3-4-14(12)8-26-18(32)17-10-27-19(33-17)21(22,23)24/h3-7,9-11H,8H2,1-2H3,(H,26,32)(H,25,29,30). The van der Waals surface area contributed by atoms with Crippen molar-refractivity contribution < 1.29 is 18.0 Å². The molecule has 0 saturated carbocycles. The van der Waals surface area contributed by atoms with E-state index in [9.17, 15) is 18.0 Å². The smallest absolute Gasteiger partial charge is 0.347 e. The van der Waals surface area contributed by atoms with Crippen LogP contribution in [0.3, 0.4) is 0 Å². The van der Waals surface area contributed by atoms with Gasteiger partial charge in [0.25, 0.3) is 5.91 Å². The molecule has 0 aliphatic carbocycles. The van der Waals surface area contributed by atoms with Gasteiger partial charge in [0.2, 0.25) is 5.95 Å². The summed E-state index contributed by atoms with van der Waals surface area (Å²) in [6.07, 6.45) is 1.49. The highest BCUT2D eigenvalue weighted by Crippen LogP contribution is 2.32. The van der Waals surface area contributed by atoms with Crippen LogP contribution in [-0.2, 0) is 19.8 Å². The van der Waals surface area contributed by atoms with Gasteiger partial charge in [-0.3, -0.25) is 9.48 Å². The second kappa shape index (κ2) is 8.98. The lowest BCUT2D eigenvalue weighted by Gasteiger charge is -2.10. The Kier molecular flexibility index (Phi) is 6.09. The number of benzene rings is 1. The molecule has 0 aliphatic rings. The molecule has 8 nitrogen and oxygen atoms in total. The van der Waals surface area contributed by atoms with Gasteiger partial charge in [0.05, 0.1) is 23.8 Å². The zero-order valence-corrected chi connectivity index (χ0v) is 18.3. The van der Waals surface area contributed by atoms with Crippen molar-refractivity contribution in [2.45, 2.75) is 19.6 Å². The summed E-state index contributed by atoms with van der Waals surface area (Å²) in [4.78, 5) is 24.1. The first kappa shape index (κ1) is 22.4. The molecule has 1 amide bonds. The van der Waals surface area contributed by atoms with Crippen molar-refractivity contribution in [2.75, 3.05) is 5.32 Å². The van der Waals surface area contributed by atoms with Gasteiger partial charge in [-0.1, -0.05) is 12.1 Å². The number of carbonyl (C=O) groups is 1. The second-order valence-corrected chi connectivity index (χ2v) is 8.18. The van der Waals surface area contributed by atoms with E-state index in [1.165, 1.54) is 0 Å². The number of rotatable bonds is 6. The Morgan fingerprint density at radius 3 is 2.67 bits per heavy atom. The van der Waals surface area contributed by atoms with Gasteiger partial charge in [-0.05, 0) is 30.2 Å². The van der Waals surface area contributed by atoms with Crippen LogP contribution in [0.1, 0.15) is 25.8 Å². The summed E-state index contributed by atoms with van der Waals surface area (Å²) in [6, 6.07) is 7.41. The van der Waals surface area contributed by atoms with Crippen LogP contribution < -0.4 is 10.6 Å². The van der Waals surface area contributed by atoms with Crippen molar-refractivity contribution in [1.29, 1.82) is 0 Å². The summed E-state index contributed by atoms with van der Waals surface area (Å²) in [7, 11) is 1.81. The maximum Gasteiger partial charge on any atom is 0.443 e. The molecule has 0 unspecified atom stereocenters. The molecule has 4 aromatic rings. The zero-order valence-electron chi connectivity index (χ0n) is 17.5. The largest absolute Gasteiger partial charge is 0.443 e. The second-order valence-electron chi connectivity index (χ2n) is 7.14. The summed E-state index contributed by atoms with van der Waals surface area (Å²) in [6.45, 7) is 2.05. The Morgan fingerprint density at radius 1 is 1.18 bits per heavy atom. The minimum Gasteiger partial charge on any atom is -0.347 e. The number of aromatic nitrogens is 5. The highest BCUT2D eigenvalue weighted by atomic mass is 32.1. The number of hydrogen-bond donors (Lipinski definition) is 2. The number of halogens is 3. The molecule has 12 heteroatoms. The molecule has 0 radical (unpaired) electrons. The van der Waals surface area contributed by atoms with E-state index in [0.717, 1.165) is 28.6 Å². The number of amides is 1. The van der Waals surface area contributed by atoms with E-state index in [1.54, 1.807) is 29.3 Å². The Morgan fingerprint density at radius 2 is 2.00 bits per heavy atom. The molecular weight excluding hydrogens is 455 g/mol. The van der Waals surface area contributed by atoms with Gasteiger partial charge in [0.15, 0.2) is 5.01 Å². The third-order valence-corrected chi connectivity index (χ3v) is 5.71. The predicted molar refractivity (Wildman–Crippen MR) is 117 cm³/mol. The Labute approximate surface area is 190 Å². The third kappa shape index (κ3) is 5.34. The van der Waals surface area contributed by atoms with Gasteiger partial charge in [0.1, 0.15) is 4.88 Å². The Bertz CT molecular complexity index is 1300. The van der Waals surface area contributed by atoms with Crippen molar-refractivity contribution in [3.63, 3.8) is 0 Å². The summed E-state index contributed by atoms with van der Waals surface area (Å²) >= 11 is 0.317. The van der Waals surface area contributed by atoms with Gasteiger partial charge < -0.3 is 10.6 Å². The van der Waals surface area contributed by atoms with E-state index < -0.39 is 17.1 Å². The molecular formula is C21H18F3N7OS. The monoisotopic (exact) mass is 473 g/mol. The summed E-state index contributed by atoms with van der Waals surface area (Å²) < 4.78 is 39.7. The third-order valence-electron chi connectivity index (χ3n) is 4.67. The Balaban J connectivity index is 1.43. The van der Waals surface area contributed by atoms with Gasteiger partial charge in [-0.15, -0.1) is 11.3 Å². The molecule has 0 fully saturated rings. The number of aryl methyl sites for hydroxylation is 2. The van der Waals surface area contributed by atoms with Crippen LogP contribution in [0.15, 0.2) is 49.1 Å². The van der Waals surface area contributed by atoms with Crippen molar-refractivity contribution in [3.8, 4) is 11.3 Å². The van der Waals surface area contributed by atoms with Crippen LogP contribution in [-0.4, -0.2) is 30.6 Å². The summed E-state index contributed by atoms with van der Waals surface area (Å²) in [5.41, 5.74) is 4.06. The highest BCUT2D eigenvalue weighted by Gasteiger charge is 2.35.